The fourth-order valence-electron chi connectivity index (χ4n) is 1.44. The highest BCUT2D eigenvalue weighted by Crippen LogP contribution is 2.22. The van der Waals surface area contributed by atoms with Crippen molar-refractivity contribution in [3.8, 4) is 0 Å². The second-order valence-corrected chi connectivity index (χ2v) is 2.87. The molecule has 0 amide bonds. The quantitative estimate of drug-likeness (QED) is 0.536. The van der Waals surface area contributed by atoms with E-state index >= 15 is 0 Å². The van der Waals surface area contributed by atoms with Gasteiger partial charge in [0.05, 0.1) is 12.0 Å². The Labute approximate surface area is 69.4 Å². The van der Waals surface area contributed by atoms with Crippen molar-refractivity contribution >= 4 is 11.6 Å². The van der Waals surface area contributed by atoms with E-state index in [2.05, 4.69) is 4.98 Å². The van der Waals surface area contributed by atoms with E-state index in [1.807, 2.05) is 6.92 Å². The average Bonchev–Trinajstić information content (AvgIpc) is 2.29. The van der Waals surface area contributed by atoms with Gasteiger partial charge in [-0.15, -0.1) is 0 Å². The van der Waals surface area contributed by atoms with Gasteiger partial charge >= 0.3 is 0 Å². The lowest BCUT2D eigenvalue weighted by atomic mass is 10.1. The van der Waals surface area contributed by atoms with Gasteiger partial charge in [0.25, 0.3) is 0 Å². The highest BCUT2D eigenvalue weighted by atomic mass is 16.2. The number of hydrogen-bond acceptors (Lipinski definition) is 3. The van der Waals surface area contributed by atoms with Crippen molar-refractivity contribution in [3.63, 3.8) is 0 Å². The first-order valence-electron chi connectivity index (χ1n) is 3.72. The molecule has 0 bridgehead atoms. The summed E-state index contributed by atoms with van der Waals surface area (Å²) >= 11 is 0. The van der Waals surface area contributed by atoms with E-state index in [0.717, 1.165) is 5.56 Å². The highest BCUT2D eigenvalue weighted by molar-refractivity contribution is 6.23. The lowest BCUT2D eigenvalue weighted by Crippen LogP contribution is -1.97. The van der Waals surface area contributed by atoms with Crippen LogP contribution in [0.4, 0.5) is 0 Å². The van der Waals surface area contributed by atoms with Gasteiger partial charge in [0.2, 0.25) is 0 Å². The maximum atomic E-state index is 11.2. The van der Waals surface area contributed by atoms with Gasteiger partial charge in [0, 0.05) is 6.20 Å². The third-order valence-corrected chi connectivity index (χ3v) is 2.02. The van der Waals surface area contributed by atoms with Gasteiger partial charge in [-0.25, -0.2) is 0 Å². The van der Waals surface area contributed by atoms with Crippen LogP contribution in [-0.4, -0.2) is 16.6 Å². The molecule has 0 fully saturated rings. The fraction of sp³-hybridized carbons (Fsp3) is 0.222. The Morgan fingerprint density at radius 1 is 1.33 bits per heavy atom. The maximum absolute atomic E-state index is 11.2. The summed E-state index contributed by atoms with van der Waals surface area (Å²) < 4.78 is 0. The normalized spacial score (nSPS) is 15.1. The smallest absolute Gasteiger partial charge is 0.189 e. The molecule has 3 heteroatoms. The summed E-state index contributed by atoms with van der Waals surface area (Å²) in [6.07, 6.45) is 1.55. The van der Waals surface area contributed by atoms with E-state index in [-0.39, 0.29) is 18.0 Å². The Bertz CT molecular complexity index is 382. The predicted molar refractivity (Wildman–Crippen MR) is 42.3 cm³/mol. The molecule has 2 rings (SSSR count). The monoisotopic (exact) mass is 161 g/mol. The molecule has 0 atom stereocenters. The van der Waals surface area contributed by atoms with Gasteiger partial charge in [-0.05, 0) is 18.6 Å². The second kappa shape index (κ2) is 2.24. The first-order valence-corrected chi connectivity index (χ1v) is 3.72. The molecule has 0 saturated carbocycles. The maximum Gasteiger partial charge on any atom is 0.189 e. The van der Waals surface area contributed by atoms with Crippen LogP contribution < -0.4 is 0 Å². The molecule has 3 nitrogen and oxygen atoms in total. The third kappa shape index (κ3) is 0.794. The van der Waals surface area contributed by atoms with Crippen LogP contribution in [0.2, 0.25) is 0 Å². The van der Waals surface area contributed by atoms with Gasteiger partial charge < -0.3 is 0 Å². The van der Waals surface area contributed by atoms with Crippen molar-refractivity contribution < 1.29 is 9.59 Å². The van der Waals surface area contributed by atoms with Crippen molar-refractivity contribution in [1.29, 1.82) is 0 Å². The van der Waals surface area contributed by atoms with Crippen LogP contribution in [0, 0.1) is 6.92 Å². The molecule has 0 aromatic carbocycles. The van der Waals surface area contributed by atoms with Gasteiger partial charge in [0.1, 0.15) is 5.69 Å². The number of ketones is 2. The number of carbonyl (C=O) groups excluding carboxylic acids is 2. The van der Waals surface area contributed by atoms with Crippen molar-refractivity contribution in [1.82, 2.24) is 4.98 Å². The number of fused-ring (bicyclic) bond motifs is 1. The predicted octanol–water partition coefficient (Wildman–Crippen LogP) is 1.16. The molecule has 1 aromatic rings. The zero-order chi connectivity index (χ0) is 8.72. The summed E-state index contributed by atoms with van der Waals surface area (Å²) in [4.78, 5) is 26.3. The number of rotatable bonds is 0. The van der Waals surface area contributed by atoms with Crippen molar-refractivity contribution in [2.75, 3.05) is 0 Å². The third-order valence-electron chi connectivity index (χ3n) is 2.02. The molecule has 0 spiro atoms. The van der Waals surface area contributed by atoms with Gasteiger partial charge in [-0.2, -0.15) is 0 Å². The zero-order valence-corrected chi connectivity index (χ0v) is 6.63. The first kappa shape index (κ1) is 7.16. The number of hydrogen-bond donors (Lipinski definition) is 0. The summed E-state index contributed by atoms with van der Waals surface area (Å²) in [6.45, 7) is 1.82. The van der Waals surface area contributed by atoms with E-state index in [1.165, 1.54) is 0 Å². The minimum atomic E-state index is -0.154. The van der Waals surface area contributed by atoms with E-state index in [1.54, 1.807) is 12.3 Å². The van der Waals surface area contributed by atoms with Crippen LogP contribution in [0.3, 0.4) is 0 Å². The molecule has 1 aromatic heterocycles. The topological polar surface area (TPSA) is 47.0 Å². The molecule has 12 heavy (non-hydrogen) atoms. The van der Waals surface area contributed by atoms with E-state index < -0.39 is 0 Å². The largest absolute Gasteiger partial charge is 0.294 e. The van der Waals surface area contributed by atoms with E-state index in [0.29, 0.717) is 11.3 Å². The number of nitrogens with zero attached hydrogens (tertiary/aromatic N) is 1. The molecular weight excluding hydrogens is 154 g/mol. The summed E-state index contributed by atoms with van der Waals surface area (Å²) in [6, 6.07) is 1.75. The number of aryl methyl sites for hydroxylation is 1. The number of Topliss-reactive ketones (excluding diaryl/α,β-unsaturated/α-hetero) is 2. The Kier molecular flexibility index (Phi) is 1.33. The van der Waals surface area contributed by atoms with E-state index in [4.69, 9.17) is 0 Å². The van der Waals surface area contributed by atoms with Crippen LogP contribution in [0.25, 0.3) is 0 Å². The molecule has 60 valence electrons. The molecule has 0 saturated heterocycles. The summed E-state index contributed by atoms with van der Waals surface area (Å²) in [5, 5.41) is 0. The van der Waals surface area contributed by atoms with Crippen LogP contribution in [-0.2, 0) is 0 Å². The summed E-state index contributed by atoms with van der Waals surface area (Å²) in [5.41, 5.74) is 1.71. The minimum absolute atomic E-state index is 0.00676. The Morgan fingerprint density at radius 3 is 2.75 bits per heavy atom. The van der Waals surface area contributed by atoms with Crippen LogP contribution >= 0.6 is 0 Å². The molecule has 1 aliphatic rings. The van der Waals surface area contributed by atoms with Crippen LogP contribution in [0.5, 0.6) is 0 Å². The van der Waals surface area contributed by atoms with Crippen molar-refractivity contribution in [2.45, 2.75) is 13.3 Å². The summed E-state index contributed by atoms with van der Waals surface area (Å²) in [5.74, 6) is -0.251. The number of carbonyl (C=O) groups is 2. The van der Waals surface area contributed by atoms with Gasteiger partial charge in [-0.3, -0.25) is 14.6 Å². The standard InChI is InChI=1S/C9H7NO2/c1-5-2-3-10-9-7(12)4-6(11)8(5)9/h2-3H,4H2,1H3. The Morgan fingerprint density at radius 2 is 2.08 bits per heavy atom. The van der Waals surface area contributed by atoms with Gasteiger partial charge in [0.15, 0.2) is 11.6 Å². The molecule has 0 N–H and O–H groups in total. The molecule has 1 aliphatic carbocycles. The molecule has 0 aliphatic heterocycles. The Balaban J connectivity index is 2.75. The fourth-order valence-corrected chi connectivity index (χ4v) is 1.44. The van der Waals surface area contributed by atoms with Gasteiger partial charge in [-0.1, -0.05) is 0 Å². The summed E-state index contributed by atoms with van der Waals surface area (Å²) in [7, 11) is 0. The number of pyridine rings is 1. The zero-order valence-electron chi connectivity index (χ0n) is 6.63. The number of aromatic nitrogens is 1. The average molecular weight is 161 g/mol. The lowest BCUT2D eigenvalue weighted by molar-refractivity contribution is 0.0921. The van der Waals surface area contributed by atoms with Crippen LogP contribution in [0.15, 0.2) is 12.3 Å². The highest BCUT2D eigenvalue weighted by Gasteiger charge is 2.29. The molecular formula is C9H7NO2. The second-order valence-electron chi connectivity index (χ2n) is 2.87. The SMILES string of the molecule is Cc1ccnc2c1C(=O)CC2=O. The minimum Gasteiger partial charge on any atom is -0.294 e. The lowest BCUT2D eigenvalue weighted by Gasteiger charge is -1.97. The van der Waals surface area contributed by atoms with E-state index in [9.17, 15) is 9.59 Å². The van der Waals surface area contributed by atoms with Crippen LogP contribution in [0.1, 0.15) is 32.8 Å². The Hall–Kier alpha value is -1.51. The van der Waals surface area contributed by atoms with Crippen molar-refractivity contribution in [3.05, 3.63) is 29.1 Å². The molecule has 0 radical (unpaired) electrons. The first-order chi connectivity index (χ1) is 5.70. The molecule has 1 heterocycles. The molecule has 0 unspecified atom stereocenters. The van der Waals surface area contributed by atoms with Crippen molar-refractivity contribution in [2.24, 2.45) is 0 Å².